The van der Waals surface area contributed by atoms with Crippen molar-refractivity contribution in [2.75, 3.05) is 25.3 Å². The minimum atomic E-state index is -0.391. The number of benzene rings is 2. The Kier molecular flexibility index (Phi) is 4.58. The van der Waals surface area contributed by atoms with Gasteiger partial charge in [-0.3, -0.25) is 9.59 Å². The highest BCUT2D eigenvalue weighted by Crippen LogP contribution is 2.37. The van der Waals surface area contributed by atoms with E-state index < -0.39 is 5.92 Å². The zero-order chi connectivity index (χ0) is 18.8. The third-order valence-electron chi connectivity index (χ3n) is 4.81. The van der Waals surface area contributed by atoms with Crippen LogP contribution < -0.4 is 24.4 Å². The average Bonchev–Trinajstić information content (AvgIpc) is 3.32. The molecule has 140 valence electrons. The molecule has 2 heterocycles. The molecule has 2 aromatic rings. The Morgan fingerprint density at radius 1 is 1.22 bits per heavy atom. The van der Waals surface area contributed by atoms with Gasteiger partial charge >= 0.3 is 0 Å². The van der Waals surface area contributed by atoms with E-state index in [0.29, 0.717) is 30.3 Å². The van der Waals surface area contributed by atoms with Crippen LogP contribution in [0.5, 0.6) is 17.2 Å². The highest BCUT2D eigenvalue weighted by Gasteiger charge is 2.35. The number of carbonyl (C=O) groups is 2. The molecule has 7 nitrogen and oxygen atoms in total. The predicted molar refractivity (Wildman–Crippen MR) is 97.9 cm³/mol. The summed E-state index contributed by atoms with van der Waals surface area (Å²) < 4.78 is 16.0. The van der Waals surface area contributed by atoms with E-state index in [0.717, 1.165) is 11.3 Å². The van der Waals surface area contributed by atoms with E-state index >= 15 is 0 Å². The van der Waals surface area contributed by atoms with Crippen LogP contribution in [0.3, 0.4) is 0 Å². The van der Waals surface area contributed by atoms with Crippen LogP contribution in [-0.4, -0.2) is 32.3 Å². The molecule has 2 aromatic carbocycles. The standard InChI is InChI=1S/C20H20N2O5/c1-25-16-5-3-2-4-13(16)10-21-20(24)14-8-19(23)22(11-14)15-6-7-17-18(9-15)27-12-26-17/h2-7,9,14H,8,10-12H2,1H3,(H,21,24). The van der Waals surface area contributed by atoms with Crippen LogP contribution in [0.2, 0.25) is 0 Å². The molecule has 1 saturated heterocycles. The smallest absolute Gasteiger partial charge is 0.231 e. The minimum absolute atomic E-state index is 0.0775. The van der Waals surface area contributed by atoms with Gasteiger partial charge in [-0.2, -0.15) is 0 Å². The molecule has 1 fully saturated rings. The molecule has 0 bridgehead atoms. The third kappa shape index (κ3) is 3.40. The Balaban J connectivity index is 1.40. The summed E-state index contributed by atoms with van der Waals surface area (Å²) in [7, 11) is 1.60. The fourth-order valence-corrected chi connectivity index (χ4v) is 3.36. The molecule has 0 spiro atoms. The monoisotopic (exact) mass is 368 g/mol. The van der Waals surface area contributed by atoms with Gasteiger partial charge in [0.1, 0.15) is 5.75 Å². The lowest BCUT2D eigenvalue weighted by atomic mass is 10.1. The normalized spacial score (nSPS) is 17.9. The summed E-state index contributed by atoms with van der Waals surface area (Å²) in [6.07, 6.45) is 0.187. The second-order valence-electron chi connectivity index (χ2n) is 6.47. The summed E-state index contributed by atoms with van der Waals surface area (Å²) >= 11 is 0. The molecular formula is C20H20N2O5. The maximum Gasteiger partial charge on any atom is 0.231 e. The van der Waals surface area contributed by atoms with Gasteiger partial charge in [0.25, 0.3) is 0 Å². The van der Waals surface area contributed by atoms with Gasteiger partial charge in [-0.05, 0) is 18.2 Å². The van der Waals surface area contributed by atoms with Gasteiger partial charge in [0.15, 0.2) is 11.5 Å². The Morgan fingerprint density at radius 2 is 2.04 bits per heavy atom. The molecule has 0 aromatic heterocycles. The van der Waals surface area contributed by atoms with Crippen LogP contribution in [0, 0.1) is 5.92 Å². The zero-order valence-electron chi connectivity index (χ0n) is 14.9. The number of anilines is 1. The fourth-order valence-electron chi connectivity index (χ4n) is 3.36. The Morgan fingerprint density at radius 3 is 2.89 bits per heavy atom. The van der Waals surface area contributed by atoms with E-state index in [2.05, 4.69) is 5.32 Å². The molecule has 1 unspecified atom stereocenters. The van der Waals surface area contributed by atoms with Crippen LogP contribution >= 0.6 is 0 Å². The number of ether oxygens (including phenoxy) is 3. The number of rotatable bonds is 5. The van der Waals surface area contributed by atoms with Gasteiger partial charge in [-0.25, -0.2) is 0 Å². The second-order valence-corrected chi connectivity index (χ2v) is 6.47. The number of nitrogens with one attached hydrogen (secondary N) is 1. The SMILES string of the molecule is COc1ccccc1CNC(=O)C1CC(=O)N(c2ccc3c(c2)OCO3)C1. The van der Waals surface area contributed by atoms with Gasteiger partial charge in [-0.1, -0.05) is 18.2 Å². The van der Waals surface area contributed by atoms with E-state index in [-0.39, 0.29) is 25.0 Å². The number of amides is 2. The molecule has 2 amide bonds. The number of fused-ring (bicyclic) bond motifs is 1. The van der Waals surface area contributed by atoms with Crippen LogP contribution in [0.25, 0.3) is 0 Å². The average molecular weight is 368 g/mol. The highest BCUT2D eigenvalue weighted by atomic mass is 16.7. The molecule has 4 rings (SSSR count). The van der Waals surface area contributed by atoms with Gasteiger partial charge < -0.3 is 24.4 Å². The van der Waals surface area contributed by atoms with Crippen LogP contribution in [-0.2, 0) is 16.1 Å². The van der Waals surface area contributed by atoms with Gasteiger partial charge in [-0.15, -0.1) is 0 Å². The summed E-state index contributed by atoms with van der Waals surface area (Å²) in [5, 5.41) is 2.91. The van der Waals surface area contributed by atoms with Crippen molar-refractivity contribution in [3.8, 4) is 17.2 Å². The maximum atomic E-state index is 12.6. The number of para-hydroxylation sites is 1. The summed E-state index contributed by atoms with van der Waals surface area (Å²) in [5.41, 5.74) is 1.61. The Bertz CT molecular complexity index is 882. The molecule has 0 saturated carbocycles. The Labute approximate surface area is 156 Å². The first-order valence-electron chi connectivity index (χ1n) is 8.75. The summed E-state index contributed by atoms with van der Waals surface area (Å²) in [5.74, 6) is 1.39. The highest BCUT2D eigenvalue weighted by molar-refractivity contribution is 6.00. The quantitative estimate of drug-likeness (QED) is 0.875. The van der Waals surface area contributed by atoms with Gasteiger partial charge in [0.2, 0.25) is 18.6 Å². The van der Waals surface area contributed by atoms with E-state index in [1.165, 1.54) is 0 Å². The fraction of sp³-hybridized carbons (Fsp3) is 0.300. The molecule has 7 heteroatoms. The van der Waals surface area contributed by atoms with Crippen molar-refractivity contribution >= 4 is 17.5 Å². The lowest BCUT2D eigenvalue weighted by Gasteiger charge is -2.17. The number of hydrogen-bond donors (Lipinski definition) is 1. The summed E-state index contributed by atoms with van der Waals surface area (Å²) in [6.45, 7) is 0.883. The summed E-state index contributed by atoms with van der Waals surface area (Å²) in [4.78, 5) is 26.6. The molecular weight excluding hydrogens is 348 g/mol. The van der Waals surface area contributed by atoms with E-state index in [9.17, 15) is 9.59 Å². The first-order valence-corrected chi connectivity index (χ1v) is 8.75. The third-order valence-corrected chi connectivity index (χ3v) is 4.81. The van der Waals surface area contributed by atoms with Gasteiger partial charge in [0.05, 0.1) is 13.0 Å². The van der Waals surface area contributed by atoms with Crippen LogP contribution in [0.15, 0.2) is 42.5 Å². The molecule has 1 atom stereocenters. The van der Waals surface area contributed by atoms with E-state index in [1.54, 1.807) is 30.2 Å². The first kappa shape index (κ1) is 17.2. The van der Waals surface area contributed by atoms with E-state index in [1.807, 2.05) is 24.3 Å². The number of hydrogen-bond acceptors (Lipinski definition) is 5. The lowest BCUT2D eigenvalue weighted by molar-refractivity contribution is -0.126. The predicted octanol–water partition coefficient (Wildman–Crippen LogP) is 2.09. The number of methoxy groups -OCH3 is 1. The maximum absolute atomic E-state index is 12.6. The van der Waals surface area contributed by atoms with Crippen LogP contribution in [0.4, 0.5) is 5.69 Å². The van der Waals surface area contributed by atoms with E-state index in [4.69, 9.17) is 14.2 Å². The lowest BCUT2D eigenvalue weighted by Crippen LogP contribution is -2.32. The minimum Gasteiger partial charge on any atom is -0.496 e. The van der Waals surface area contributed by atoms with Crippen molar-refractivity contribution in [2.45, 2.75) is 13.0 Å². The van der Waals surface area contributed by atoms with Crippen molar-refractivity contribution in [1.29, 1.82) is 0 Å². The summed E-state index contributed by atoms with van der Waals surface area (Å²) in [6, 6.07) is 12.9. The second kappa shape index (κ2) is 7.19. The molecule has 2 aliphatic rings. The topological polar surface area (TPSA) is 77.1 Å². The van der Waals surface area contributed by atoms with Crippen molar-refractivity contribution in [1.82, 2.24) is 5.32 Å². The first-order chi connectivity index (χ1) is 13.2. The number of nitrogens with zero attached hydrogens (tertiary/aromatic N) is 1. The molecule has 1 N–H and O–H groups in total. The number of carbonyl (C=O) groups excluding carboxylic acids is 2. The molecule has 27 heavy (non-hydrogen) atoms. The van der Waals surface area contributed by atoms with Gasteiger partial charge in [0, 0.05) is 36.8 Å². The molecule has 2 aliphatic heterocycles. The molecule has 0 radical (unpaired) electrons. The van der Waals surface area contributed by atoms with Crippen molar-refractivity contribution in [3.63, 3.8) is 0 Å². The van der Waals surface area contributed by atoms with Crippen molar-refractivity contribution in [3.05, 3.63) is 48.0 Å². The van der Waals surface area contributed by atoms with Crippen LogP contribution in [0.1, 0.15) is 12.0 Å². The van der Waals surface area contributed by atoms with Crippen molar-refractivity contribution < 1.29 is 23.8 Å². The largest absolute Gasteiger partial charge is 0.496 e. The van der Waals surface area contributed by atoms with Crippen molar-refractivity contribution in [2.24, 2.45) is 5.92 Å². The Hall–Kier alpha value is -3.22. The molecule has 0 aliphatic carbocycles. The zero-order valence-corrected chi connectivity index (χ0v) is 14.9.